The minimum atomic E-state index is -0.533. The Labute approximate surface area is 229 Å². The van der Waals surface area contributed by atoms with Gasteiger partial charge in [-0.2, -0.15) is 0 Å². The number of nitrogens with one attached hydrogen (secondary N) is 1. The number of hydrogen-bond donors (Lipinski definition) is 1. The number of carbonyl (C=O) groups is 2. The van der Waals surface area contributed by atoms with E-state index < -0.39 is 5.60 Å². The maximum absolute atomic E-state index is 12.8. The van der Waals surface area contributed by atoms with Gasteiger partial charge >= 0.3 is 6.09 Å². The van der Waals surface area contributed by atoms with Gasteiger partial charge < -0.3 is 24.4 Å². The third kappa shape index (κ3) is 6.88. The molecule has 8 nitrogen and oxygen atoms in total. The van der Waals surface area contributed by atoms with Crippen molar-refractivity contribution in [3.63, 3.8) is 0 Å². The molecule has 204 valence electrons. The fourth-order valence-corrected chi connectivity index (χ4v) is 4.86. The zero-order valence-corrected chi connectivity index (χ0v) is 22.7. The first-order valence-electron chi connectivity index (χ1n) is 13.5. The van der Waals surface area contributed by atoms with Crippen molar-refractivity contribution in [1.29, 1.82) is 0 Å². The summed E-state index contributed by atoms with van der Waals surface area (Å²) in [5.74, 6) is 1.77. The molecule has 1 atom stereocenters. The highest BCUT2D eigenvalue weighted by atomic mass is 16.6. The summed E-state index contributed by atoms with van der Waals surface area (Å²) >= 11 is 0. The summed E-state index contributed by atoms with van der Waals surface area (Å²) in [6.45, 7) is 6.53. The molecule has 0 bridgehead atoms. The molecule has 0 aliphatic carbocycles. The van der Waals surface area contributed by atoms with Crippen molar-refractivity contribution in [1.82, 2.24) is 9.88 Å². The normalized spacial score (nSPS) is 17.5. The second-order valence-corrected chi connectivity index (χ2v) is 11.0. The first-order valence-corrected chi connectivity index (χ1v) is 13.5. The van der Waals surface area contributed by atoms with E-state index in [2.05, 4.69) is 22.4 Å². The molecule has 1 unspecified atom stereocenters. The van der Waals surface area contributed by atoms with E-state index in [1.807, 2.05) is 57.2 Å². The van der Waals surface area contributed by atoms with Crippen LogP contribution < -0.4 is 14.8 Å². The molecular weight excluding hydrogens is 494 g/mol. The summed E-state index contributed by atoms with van der Waals surface area (Å²) in [4.78, 5) is 31.1. The fourth-order valence-electron chi connectivity index (χ4n) is 4.86. The standard InChI is InChI=1S/C31H35N3O5/c1-31(2,3)39-30(36)34-17-15-22(16-18-34)29(35)33-24-10-14-28(32-20-24)37-25-11-13-27-23(19-25)9-12-26(38-27)21-7-5-4-6-8-21/h4-8,10-11,13-14,19-20,22,26H,9,12,15-18H2,1-3H3,(H,33,35). The zero-order valence-electron chi connectivity index (χ0n) is 22.7. The third-order valence-corrected chi connectivity index (χ3v) is 6.89. The number of likely N-dealkylation sites (tertiary alicyclic amines) is 1. The molecule has 2 aromatic carbocycles. The number of ether oxygens (including phenoxy) is 3. The lowest BCUT2D eigenvalue weighted by Gasteiger charge is -2.32. The van der Waals surface area contributed by atoms with Gasteiger partial charge in [-0.15, -0.1) is 0 Å². The van der Waals surface area contributed by atoms with E-state index >= 15 is 0 Å². The fraction of sp³-hybridized carbons (Fsp3) is 0.387. The summed E-state index contributed by atoms with van der Waals surface area (Å²) in [5.41, 5.74) is 2.37. The van der Waals surface area contributed by atoms with Gasteiger partial charge in [0.25, 0.3) is 0 Å². The molecule has 0 radical (unpaired) electrons. The minimum Gasteiger partial charge on any atom is -0.485 e. The lowest BCUT2D eigenvalue weighted by molar-refractivity contribution is -0.121. The number of aryl methyl sites for hydroxylation is 1. The van der Waals surface area contributed by atoms with Crippen molar-refractivity contribution in [3.8, 4) is 17.4 Å². The highest BCUT2D eigenvalue weighted by Gasteiger charge is 2.30. The smallest absolute Gasteiger partial charge is 0.410 e. The van der Waals surface area contributed by atoms with Crippen molar-refractivity contribution < 1.29 is 23.8 Å². The van der Waals surface area contributed by atoms with Crippen molar-refractivity contribution in [3.05, 3.63) is 78.0 Å². The summed E-state index contributed by atoms with van der Waals surface area (Å²) in [6.07, 6.45) is 4.32. The molecule has 1 aromatic heterocycles. The Morgan fingerprint density at radius 2 is 1.77 bits per heavy atom. The van der Waals surface area contributed by atoms with Crippen LogP contribution in [0.1, 0.15) is 57.3 Å². The number of fused-ring (bicyclic) bond motifs is 1. The highest BCUT2D eigenvalue weighted by Crippen LogP contribution is 2.37. The van der Waals surface area contributed by atoms with Gasteiger partial charge in [-0.3, -0.25) is 4.79 Å². The lowest BCUT2D eigenvalue weighted by Crippen LogP contribution is -2.43. The van der Waals surface area contributed by atoms with Crippen LogP contribution >= 0.6 is 0 Å². The Morgan fingerprint density at radius 1 is 1.00 bits per heavy atom. The molecule has 39 heavy (non-hydrogen) atoms. The van der Waals surface area contributed by atoms with E-state index in [0.717, 1.165) is 24.2 Å². The molecule has 3 aromatic rings. The second-order valence-electron chi connectivity index (χ2n) is 11.0. The molecule has 0 saturated carbocycles. The van der Waals surface area contributed by atoms with Crippen LogP contribution in [0.3, 0.4) is 0 Å². The molecule has 1 fully saturated rings. The van der Waals surface area contributed by atoms with Gasteiger partial charge in [0.05, 0.1) is 11.9 Å². The summed E-state index contributed by atoms with van der Waals surface area (Å²) in [5, 5.41) is 2.94. The largest absolute Gasteiger partial charge is 0.485 e. The summed E-state index contributed by atoms with van der Waals surface area (Å²) in [7, 11) is 0. The SMILES string of the molecule is CC(C)(C)OC(=O)N1CCC(C(=O)Nc2ccc(Oc3ccc4c(c3)CCC(c3ccccc3)O4)nc2)CC1. The number of hydrogen-bond acceptors (Lipinski definition) is 6. The minimum absolute atomic E-state index is 0.0624. The van der Waals surface area contributed by atoms with Crippen molar-refractivity contribution in [2.45, 2.75) is 58.2 Å². The van der Waals surface area contributed by atoms with Crippen LogP contribution in [0.5, 0.6) is 17.4 Å². The van der Waals surface area contributed by atoms with Crippen molar-refractivity contribution >= 4 is 17.7 Å². The average molecular weight is 530 g/mol. The number of rotatable bonds is 5. The molecule has 0 spiro atoms. The van der Waals surface area contributed by atoms with Crippen LogP contribution in [0.15, 0.2) is 66.9 Å². The average Bonchev–Trinajstić information content (AvgIpc) is 2.93. The maximum Gasteiger partial charge on any atom is 0.410 e. The Morgan fingerprint density at radius 3 is 2.46 bits per heavy atom. The predicted molar refractivity (Wildman–Crippen MR) is 148 cm³/mol. The van der Waals surface area contributed by atoms with Gasteiger partial charge in [0.15, 0.2) is 0 Å². The van der Waals surface area contributed by atoms with Gasteiger partial charge in [-0.05, 0) is 81.8 Å². The second kappa shape index (κ2) is 11.4. The van der Waals surface area contributed by atoms with E-state index in [-0.39, 0.29) is 24.0 Å². The monoisotopic (exact) mass is 529 g/mol. The molecule has 2 aliphatic heterocycles. The van der Waals surface area contributed by atoms with Gasteiger partial charge in [-0.1, -0.05) is 30.3 Å². The van der Waals surface area contributed by atoms with Crippen LogP contribution in [0.4, 0.5) is 10.5 Å². The Bertz CT molecular complexity index is 1300. The van der Waals surface area contributed by atoms with Gasteiger partial charge in [0.1, 0.15) is 23.2 Å². The van der Waals surface area contributed by atoms with E-state index in [0.29, 0.717) is 43.2 Å². The number of benzene rings is 2. The maximum atomic E-state index is 12.8. The third-order valence-electron chi connectivity index (χ3n) is 6.89. The number of aromatic nitrogens is 1. The molecule has 3 heterocycles. The number of anilines is 1. The molecule has 2 amide bonds. The van der Waals surface area contributed by atoms with Crippen LogP contribution in [-0.4, -0.2) is 40.6 Å². The zero-order chi connectivity index (χ0) is 27.4. The highest BCUT2D eigenvalue weighted by molar-refractivity contribution is 5.92. The van der Waals surface area contributed by atoms with Crippen LogP contribution in [0.2, 0.25) is 0 Å². The van der Waals surface area contributed by atoms with Crippen molar-refractivity contribution in [2.24, 2.45) is 5.92 Å². The predicted octanol–water partition coefficient (Wildman–Crippen LogP) is 6.53. The molecule has 2 aliphatic rings. The van der Waals surface area contributed by atoms with Gasteiger partial charge in [0, 0.05) is 25.1 Å². The van der Waals surface area contributed by atoms with Crippen LogP contribution in [0.25, 0.3) is 0 Å². The molecular formula is C31H35N3O5. The first-order chi connectivity index (χ1) is 18.7. The number of piperidine rings is 1. The lowest BCUT2D eigenvalue weighted by atomic mass is 9.96. The number of amides is 2. The van der Waals surface area contributed by atoms with Crippen LogP contribution in [-0.2, 0) is 16.0 Å². The summed E-state index contributed by atoms with van der Waals surface area (Å²) < 4.78 is 17.6. The Hall–Kier alpha value is -4.07. The van der Waals surface area contributed by atoms with Gasteiger partial charge in [0.2, 0.25) is 11.8 Å². The molecule has 5 rings (SSSR count). The van der Waals surface area contributed by atoms with E-state index in [4.69, 9.17) is 14.2 Å². The molecule has 8 heteroatoms. The van der Waals surface area contributed by atoms with Crippen LogP contribution in [0, 0.1) is 5.92 Å². The Balaban J connectivity index is 1.11. The summed E-state index contributed by atoms with van der Waals surface area (Å²) in [6, 6.07) is 19.6. The number of pyridine rings is 1. The first kappa shape index (κ1) is 26.5. The quantitative estimate of drug-likeness (QED) is 0.404. The topological polar surface area (TPSA) is 90.0 Å². The van der Waals surface area contributed by atoms with E-state index in [1.165, 1.54) is 5.56 Å². The van der Waals surface area contributed by atoms with E-state index in [1.54, 1.807) is 23.2 Å². The molecule has 1 N–H and O–H groups in total. The van der Waals surface area contributed by atoms with Gasteiger partial charge in [-0.25, -0.2) is 9.78 Å². The van der Waals surface area contributed by atoms with Crippen molar-refractivity contribution in [2.75, 3.05) is 18.4 Å². The van der Waals surface area contributed by atoms with E-state index in [9.17, 15) is 9.59 Å². The molecule has 1 saturated heterocycles. The number of nitrogens with zero attached hydrogens (tertiary/aromatic N) is 2. The Kier molecular flexibility index (Phi) is 7.72. The number of carbonyl (C=O) groups excluding carboxylic acids is 2.